The van der Waals surface area contributed by atoms with Gasteiger partial charge in [0.15, 0.2) is 0 Å². The smallest absolute Gasteiger partial charge is 0.146 e. The second kappa shape index (κ2) is 6.17. The maximum absolute atomic E-state index is 4.69. The Morgan fingerprint density at radius 3 is 2.85 bits per heavy atom. The second-order valence-electron chi connectivity index (χ2n) is 5.54. The van der Waals surface area contributed by atoms with Crippen LogP contribution in [0.4, 0.5) is 0 Å². The van der Waals surface area contributed by atoms with Gasteiger partial charge in [-0.05, 0) is 18.9 Å². The van der Waals surface area contributed by atoms with Crippen molar-refractivity contribution in [1.29, 1.82) is 0 Å². The summed E-state index contributed by atoms with van der Waals surface area (Å²) in [5.74, 6) is 0.941. The first kappa shape index (κ1) is 13.3. The third-order valence-corrected chi connectivity index (χ3v) is 4.01. The summed E-state index contributed by atoms with van der Waals surface area (Å²) in [7, 11) is 1.95. The van der Waals surface area contributed by atoms with Gasteiger partial charge in [0.1, 0.15) is 12.2 Å². The molecule has 2 aromatic rings. The molecule has 1 saturated carbocycles. The van der Waals surface area contributed by atoms with Gasteiger partial charge in [0.25, 0.3) is 0 Å². The average molecular weight is 274 g/mol. The van der Waals surface area contributed by atoms with E-state index in [1.807, 2.05) is 11.6 Å². The van der Waals surface area contributed by atoms with E-state index in [-0.39, 0.29) is 0 Å². The molecule has 1 fully saturated rings. The van der Waals surface area contributed by atoms with Gasteiger partial charge in [0, 0.05) is 19.8 Å². The molecule has 6 heteroatoms. The predicted octanol–water partition coefficient (Wildman–Crippen LogP) is 1.81. The van der Waals surface area contributed by atoms with Crippen LogP contribution >= 0.6 is 0 Å². The van der Waals surface area contributed by atoms with Crippen molar-refractivity contribution in [1.82, 2.24) is 29.9 Å². The first-order chi connectivity index (χ1) is 9.83. The molecule has 0 saturated heterocycles. The number of hydrogen-bond donors (Lipinski definition) is 1. The Balaban J connectivity index is 1.51. The molecular weight excluding hydrogens is 252 g/mol. The molecule has 0 amide bonds. The molecule has 20 heavy (non-hydrogen) atoms. The van der Waals surface area contributed by atoms with E-state index < -0.39 is 0 Å². The van der Waals surface area contributed by atoms with Crippen molar-refractivity contribution < 1.29 is 0 Å². The molecule has 6 nitrogen and oxygen atoms in total. The third kappa shape index (κ3) is 3.07. The lowest BCUT2D eigenvalue weighted by molar-refractivity contribution is 0.327. The van der Waals surface area contributed by atoms with E-state index >= 15 is 0 Å². The van der Waals surface area contributed by atoms with Gasteiger partial charge in [-0.1, -0.05) is 19.3 Å². The molecule has 0 spiro atoms. The number of hydrogen-bond acceptors (Lipinski definition) is 4. The normalized spacial score (nSPS) is 16.6. The summed E-state index contributed by atoms with van der Waals surface area (Å²) in [5, 5.41) is 16.0. The highest BCUT2D eigenvalue weighted by atomic mass is 15.3. The topological polar surface area (TPSA) is 60.6 Å². The number of aryl methyl sites for hydroxylation is 1. The van der Waals surface area contributed by atoms with E-state index in [0.29, 0.717) is 12.6 Å². The van der Waals surface area contributed by atoms with Crippen molar-refractivity contribution in [3.63, 3.8) is 0 Å². The molecule has 0 radical (unpaired) electrons. The van der Waals surface area contributed by atoms with E-state index in [1.165, 1.54) is 32.1 Å². The van der Waals surface area contributed by atoms with Gasteiger partial charge in [0.2, 0.25) is 0 Å². The van der Waals surface area contributed by atoms with E-state index in [0.717, 1.165) is 18.1 Å². The maximum atomic E-state index is 4.69. The summed E-state index contributed by atoms with van der Waals surface area (Å²) in [6, 6.07) is 2.72. The van der Waals surface area contributed by atoms with Crippen molar-refractivity contribution in [2.75, 3.05) is 0 Å². The minimum Gasteiger partial charge on any atom is -0.320 e. The highest BCUT2D eigenvalue weighted by molar-refractivity contribution is 5.00. The van der Waals surface area contributed by atoms with Crippen LogP contribution in [0.1, 0.15) is 49.7 Å². The van der Waals surface area contributed by atoms with Crippen LogP contribution in [0.25, 0.3) is 0 Å². The number of nitrogens with one attached hydrogen (secondary N) is 1. The van der Waals surface area contributed by atoms with Gasteiger partial charge in [-0.15, -0.1) is 10.2 Å². The lowest BCUT2D eigenvalue weighted by Gasteiger charge is -2.21. The van der Waals surface area contributed by atoms with E-state index in [2.05, 4.69) is 37.6 Å². The molecule has 0 aromatic carbocycles. The molecule has 0 aliphatic heterocycles. The fourth-order valence-electron chi connectivity index (χ4n) is 2.79. The summed E-state index contributed by atoms with van der Waals surface area (Å²) in [6.45, 7) is 1.49. The molecule has 3 rings (SSSR count). The SMILES string of the molecule is Cn1cnnc1CNCc1ccn(C2CCCCC2)n1. The Morgan fingerprint density at radius 2 is 2.10 bits per heavy atom. The number of nitrogens with zero attached hydrogens (tertiary/aromatic N) is 5. The molecule has 1 N–H and O–H groups in total. The summed E-state index contributed by atoms with van der Waals surface area (Å²) in [5.41, 5.74) is 1.10. The van der Waals surface area contributed by atoms with Crippen LogP contribution in [0.5, 0.6) is 0 Å². The molecule has 0 bridgehead atoms. The van der Waals surface area contributed by atoms with Gasteiger partial charge in [-0.3, -0.25) is 4.68 Å². The molecule has 108 valence electrons. The van der Waals surface area contributed by atoms with Crippen LogP contribution in [0, 0.1) is 0 Å². The quantitative estimate of drug-likeness (QED) is 0.903. The fraction of sp³-hybridized carbons (Fsp3) is 0.643. The molecule has 1 aliphatic rings. The van der Waals surface area contributed by atoms with E-state index in [9.17, 15) is 0 Å². The van der Waals surface area contributed by atoms with Crippen molar-refractivity contribution in [2.45, 2.75) is 51.2 Å². The zero-order chi connectivity index (χ0) is 13.8. The van der Waals surface area contributed by atoms with Crippen molar-refractivity contribution >= 4 is 0 Å². The van der Waals surface area contributed by atoms with E-state index in [4.69, 9.17) is 0 Å². The average Bonchev–Trinajstić information content (AvgIpc) is 3.10. The Morgan fingerprint density at radius 1 is 1.25 bits per heavy atom. The Labute approximate surface area is 119 Å². The second-order valence-corrected chi connectivity index (χ2v) is 5.54. The van der Waals surface area contributed by atoms with Crippen LogP contribution in [-0.2, 0) is 20.1 Å². The standard InChI is InChI=1S/C14H22N6/c1-19-11-16-17-14(19)10-15-9-12-7-8-20(18-12)13-5-3-2-4-6-13/h7-8,11,13,15H,2-6,9-10H2,1H3. The summed E-state index contributed by atoms with van der Waals surface area (Å²) in [4.78, 5) is 0. The molecule has 0 unspecified atom stereocenters. The fourth-order valence-corrected chi connectivity index (χ4v) is 2.79. The molecule has 0 atom stereocenters. The molecule has 2 aromatic heterocycles. The molecule has 2 heterocycles. The van der Waals surface area contributed by atoms with Gasteiger partial charge in [0.05, 0.1) is 18.3 Å². The predicted molar refractivity (Wildman–Crippen MR) is 75.9 cm³/mol. The van der Waals surface area contributed by atoms with Crippen LogP contribution in [0.15, 0.2) is 18.6 Å². The number of aromatic nitrogens is 5. The Kier molecular flexibility index (Phi) is 4.11. The van der Waals surface area contributed by atoms with Gasteiger partial charge >= 0.3 is 0 Å². The molecule has 1 aliphatic carbocycles. The summed E-state index contributed by atoms with van der Waals surface area (Å²) < 4.78 is 4.08. The Bertz CT molecular complexity index is 537. The van der Waals surface area contributed by atoms with Crippen molar-refractivity contribution in [3.05, 3.63) is 30.1 Å². The monoisotopic (exact) mass is 274 g/mol. The largest absolute Gasteiger partial charge is 0.320 e. The highest BCUT2D eigenvalue weighted by Crippen LogP contribution is 2.27. The van der Waals surface area contributed by atoms with Crippen LogP contribution in [0.3, 0.4) is 0 Å². The molecular formula is C14H22N6. The van der Waals surface area contributed by atoms with Gasteiger partial charge in [-0.25, -0.2) is 0 Å². The van der Waals surface area contributed by atoms with Crippen molar-refractivity contribution in [2.24, 2.45) is 7.05 Å². The van der Waals surface area contributed by atoms with E-state index in [1.54, 1.807) is 6.33 Å². The van der Waals surface area contributed by atoms with Crippen LogP contribution in [0.2, 0.25) is 0 Å². The summed E-state index contributed by atoms with van der Waals surface area (Å²) >= 11 is 0. The number of rotatable bonds is 5. The lowest BCUT2D eigenvalue weighted by atomic mass is 9.96. The zero-order valence-corrected chi connectivity index (χ0v) is 12.0. The third-order valence-electron chi connectivity index (χ3n) is 4.01. The maximum Gasteiger partial charge on any atom is 0.146 e. The van der Waals surface area contributed by atoms with Crippen LogP contribution < -0.4 is 5.32 Å². The zero-order valence-electron chi connectivity index (χ0n) is 12.0. The van der Waals surface area contributed by atoms with Gasteiger partial charge in [-0.2, -0.15) is 5.10 Å². The van der Waals surface area contributed by atoms with Gasteiger partial charge < -0.3 is 9.88 Å². The lowest BCUT2D eigenvalue weighted by Crippen LogP contribution is -2.17. The first-order valence-corrected chi connectivity index (χ1v) is 7.40. The highest BCUT2D eigenvalue weighted by Gasteiger charge is 2.15. The minimum absolute atomic E-state index is 0.608. The van der Waals surface area contributed by atoms with Crippen molar-refractivity contribution in [3.8, 4) is 0 Å². The minimum atomic E-state index is 0.608. The first-order valence-electron chi connectivity index (χ1n) is 7.40. The summed E-state index contributed by atoms with van der Waals surface area (Å²) in [6.07, 6.45) is 10.4. The van der Waals surface area contributed by atoms with Crippen LogP contribution in [-0.4, -0.2) is 24.5 Å². The Hall–Kier alpha value is -1.69.